The first-order chi connectivity index (χ1) is 12.6. The number of aryl methyl sites for hydroxylation is 1. The number of thioether (sulfide) groups is 1. The van der Waals surface area contributed by atoms with Gasteiger partial charge in [-0.2, -0.15) is 0 Å². The second-order valence-electron chi connectivity index (χ2n) is 5.17. The van der Waals surface area contributed by atoms with E-state index >= 15 is 0 Å². The number of anilines is 1. The lowest BCUT2D eigenvalue weighted by Gasteiger charge is -2.05. The van der Waals surface area contributed by atoms with Gasteiger partial charge in [-0.25, -0.2) is 4.79 Å². The minimum Gasteiger partial charge on any atom is -0.469 e. The van der Waals surface area contributed by atoms with Crippen LogP contribution in [0.4, 0.5) is 5.69 Å². The molecule has 0 radical (unpaired) electrons. The molecule has 0 aliphatic carbocycles. The minimum absolute atomic E-state index is 0.102. The van der Waals surface area contributed by atoms with Crippen molar-refractivity contribution in [3.05, 3.63) is 47.9 Å². The summed E-state index contributed by atoms with van der Waals surface area (Å²) < 4.78 is 15.3. The highest BCUT2D eigenvalue weighted by molar-refractivity contribution is 7.99. The molecule has 1 aromatic carbocycles. The molecule has 2 aromatic heterocycles. The molecule has 0 aliphatic heterocycles. The molecule has 3 rings (SSSR count). The smallest absolute Gasteiger partial charge is 0.337 e. The van der Waals surface area contributed by atoms with Crippen LogP contribution in [-0.2, 0) is 9.53 Å². The van der Waals surface area contributed by atoms with Gasteiger partial charge in [0.2, 0.25) is 5.91 Å². The predicted molar refractivity (Wildman–Crippen MR) is 93.9 cm³/mol. The normalized spacial score (nSPS) is 10.5. The van der Waals surface area contributed by atoms with E-state index < -0.39 is 5.97 Å². The Morgan fingerprint density at radius 3 is 2.62 bits per heavy atom. The second-order valence-corrected chi connectivity index (χ2v) is 6.10. The lowest BCUT2D eigenvalue weighted by atomic mass is 10.2. The fourth-order valence-electron chi connectivity index (χ4n) is 2.12. The Bertz CT molecular complexity index is 917. The summed E-state index contributed by atoms with van der Waals surface area (Å²) in [6.07, 6.45) is 1.54. The topological polar surface area (TPSA) is 107 Å². The van der Waals surface area contributed by atoms with Crippen LogP contribution in [0.25, 0.3) is 11.5 Å². The Labute approximate surface area is 152 Å². The number of hydrogen-bond donors (Lipinski definition) is 1. The van der Waals surface area contributed by atoms with Crippen molar-refractivity contribution in [1.29, 1.82) is 0 Å². The number of carbonyl (C=O) groups is 2. The van der Waals surface area contributed by atoms with Gasteiger partial charge >= 0.3 is 5.97 Å². The van der Waals surface area contributed by atoms with Crippen LogP contribution in [0.15, 0.2) is 50.7 Å². The van der Waals surface area contributed by atoms with Crippen LogP contribution in [-0.4, -0.2) is 34.9 Å². The third kappa shape index (κ3) is 4.12. The molecule has 0 aliphatic rings. The summed E-state index contributed by atoms with van der Waals surface area (Å²) in [5.74, 6) is 0.458. The van der Waals surface area contributed by atoms with Gasteiger partial charge < -0.3 is 18.9 Å². The van der Waals surface area contributed by atoms with Crippen molar-refractivity contribution in [2.75, 3.05) is 18.2 Å². The van der Waals surface area contributed by atoms with E-state index in [0.717, 1.165) is 17.3 Å². The summed E-state index contributed by atoms with van der Waals surface area (Å²) in [7, 11) is 1.31. The highest BCUT2D eigenvalue weighted by Gasteiger charge is 2.14. The van der Waals surface area contributed by atoms with E-state index in [2.05, 4.69) is 20.3 Å². The Hall–Kier alpha value is -3.07. The number of nitrogens with one attached hydrogen (secondary N) is 1. The number of ether oxygens (including phenoxy) is 1. The molecular weight excluding hydrogens is 358 g/mol. The molecule has 8 nitrogen and oxygen atoms in total. The molecule has 3 aromatic rings. The SMILES string of the molecule is COC(=O)c1ccc(NC(=O)CSc2nnc(-c3ccoc3C)o2)cc1. The standard InChI is InChI=1S/C17H15N3O5S/c1-10-13(7-8-24-10)15-19-20-17(25-15)26-9-14(21)18-12-5-3-11(4-6-12)16(22)23-2/h3-8H,9H2,1-2H3,(H,18,21). The number of methoxy groups -OCH3 is 1. The van der Waals surface area contributed by atoms with Crippen LogP contribution in [0.3, 0.4) is 0 Å². The number of amides is 1. The lowest BCUT2D eigenvalue weighted by Crippen LogP contribution is -2.14. The molecule has 9 heteroatoms. The Kier molecular flexibility index (Phi) is 5.37. The highest BCUT2D eigenvalue weighted by atomic mass is 32.2. The number of hydrogen-bond acceptors (Lipinski definition) is 8. The van der Waals surface area contributed by atoms with Crippen LogP contribution in [0.5, 0.6) is 0 Å². The zero-order chi connectivity index (χ0) is 18.5. The van der Waals surface area contributed by atoms with Crippen molar-refractivity contribution in [2.24, 2.45) is 0 Å². The van der Waals surface area contributed by atoms with E-state index in [0.29, 0.717) is 22.9 Å². The van der Waals surface area contributed by atoms with Gasteiger partial charge in [0.05, 0.1) is 30.3 Å². The maximum atomic E-state index is 12.0. The third-order valence-corrected chi connectivity index (χ3v) is 4.23. The molecule has 0 saturated carbocycles. The van der Waals surface area contributed by atoms with E-state index in [-0.39, 0.29) is 16.9 Å². The molecule has 2 heterocycles. The Morgan fingerprint density at radius 1 is 1.19 bits per heavy atom. The molecule has 0 atom stereocenters. The van der Waals surface area contributed by atoms with E-state index in [1.807, 2.05) is 0 Å². The van der Waals surface area contributed by atoms with Crippen molar-refractivity contribution < 1.29 is 23.2 Å². The van der Waals surface area contributed by atoms with Gasteiger partial charge in [0.1, 0.15) is 5.76 Å². The second kappa shape index (κ2) is 7.87. The molecule has 0 saturated heterocycles. The van der Waals surface area contributed by atoms with Crippen molar-refractivity contribution >= 4 is 29.3 Å². The van der Waals surface area contributed by atoms with Crippen molar-refractivity contribution in [3.8, 4) is 11.5 Å². The van der Waals surface area contributed by atoms with E-state index in [9.17, 15) is 9.59 Å². The molecular formula is C17H15N3O5S. The number of nitrogens with zero attached hydrogens (tertiary/aromatic N) is 2. The zero-order valence-corrected chi connectivity index (χ0v) is 14.8. The number of furan rings is 1. The number of carbonyl (C=O) groups excluding carboxylic acids is 2. The first-order valence-corrected chi connectivity index (χ1v) is 8.54. The highest BCUT2D eigenvalue weighted by Crippen LogP contribution is 2.26. The summed E-state index contributed by atoms with van der Waals surface area (Å²) in [6, 6.07) is 8.14. The van der Waals surface area contributed by atoms with Crippen molar-refractivity contribution in [1.82, 2.24) is 10.2 Å². The summed E-state index contributed by atoms with van der Waals surface area (Å²) in [4.78, 5) is 23.4. The predicted octanol–water partition coefficient (Wildman–Crippen LogP) is 3.16. The van der Waals surface area contributed by atoms with E-state index in [4.69, 9.17) is 8.83 Å². The molecule has 0 spiro atoms. The van der Waals surface area contributed by atoms with Crippen LogP contribution in [0.1, 0.15) is 16.1 Å². The summed E-state index contributed by atoms with van der Waals surface area (Å²) >= 11 is 1.13. The largest absolute Gasteiger partial charge is 0.469 e. The molecule has 1 N–H and O–H groups in total. The molecule has 134 valence electrons. The molecule has 26 heavy (non-hydrogen) atoms. The summed E-state index contributed by atoms with van der Waals surface area (Å²) in [5.41, 5.74) is 1.70. The average molecular weight is 373 g/mol. The maximum Gasteiger partial charge on any atom is 0.337 e. The molecule has 0 bridgehead atoms. The number of esters is 1. The molecule has 0 unspecified atom stereocenters. The average Bonchev–Trinajstić information content (AvgIpc) is 3.28. The van der Waals surface area contributed by atoms with Crippen LogP contribution >= 0.6 is 11.8 Å². The summed E-state index contributed by atoms with van der Waals surface area (Å²) in [5, 5.41) is 10.9. The van der Waals surface area contributed by atoms with E-state index in [1.54, 1.807) is 43.5 Å². The van der Waals surface area contributed by atoms with Gasteiger partial charge in [-0.05, 0) is 37.3 Å². The van der Waals surface area contributed by atoms with Gasteiger partial charge in [-0.15, -0.1) is 10.2 Å². The van der Waals surface area contributed by atoms with Crippen molar-refractivity contribution in [3.63, 3.8) is 0 Å². The zero-order valence-electron chi connectivity index (χ0n) is 14.0. The first-order valence-electron chi connectivity index (χ1n) is 7.56. The van der Waals surface area contributed by atoms with Crippen LogP contribution < -0.4 is 5.32 Å². The quantitative estimate of drug-likeness (QED) is 0.519. The maximum absolute atomic E-state index is 12.0. The van der Waals surface area contributed by atoms with Crippen LogP contribution in [0.2, 0.25) is 0 Å². The summed E-state index contributed by atoms with van der Waals surface area (Å²) in [6.45, 7) is 1.80. The number of rotatable bonds is 6. The minimum atomic E-state index is -0.432. The van der Waals surface area contributed by atoms with Gasteiger partial charge in [0, 0.05) is 5.69 Å². The van der Waals surface area contributed by atoms with Crippen molar-refractivity contribution in [2.45, 2.75) is 12.1 Å². The van der Waals surface area contributed by atoms with Gasteiger partial charge in [-0.1, -0.05) is 11.8 Å². The fourth-order valence-corrected chi connectivity index (χ4v) is 2.68. The fraction of sp³-hybridized carbons (Fsp3) is 0.176. The molecule has 0 fully saturated rings. The van der Waals surface area contributed by atoms with Gasteiger partial charge in [0.15, 0.2) is 0 Å². The van der Waals surface area contributed by atoms with Gasteiger partial charge in [0.25, 0.3) is 11.1 Å². The Balaban J connectivity index is 1.54. The van der Waals surface area contributed by atoms with E-state index in [1.165, 1.54) is 7.11 Å². The third-order valence-electron chi connectivity index (χ3n) is 3.41. The van der Waals surface area contributed by atoms with Gasteiger partial charge in [-0.3, -0.25) is 4.79 Å². The first kappa shape index (κ1) is 17.7. The number of aromatic nitrogens is 2. The molecule has 1 amide bonds. The number of benzene rings is 1. The Morgan fingerprint density at radius 2 is 1.96 bits per heavy atom. The van der Waals surface area contributed by atoms with Crippen LogP contribution in [0, 0.1) is 6.92 Å². The lowest BCUT2D eigenvalue weighted by molar-refractivity contribution is -0.113. The monoisotopic (exact) mass is 373 g/mol.